The zero-order valence-corrected chi connectivity index (χ0v) is 18.8. The lowest BCUT2D eigenvalue weighted by Gasteiger charge is -2.14. The van der Waals surface area contributed by atoms with Crippen molar-refractivity contribution in [2.24, 2.45) is 0 Å². The Morgan fingerprint density at radius 2 is 1.81 bits per heavy atom. The van der Waals surface area contributed by atoms with Gasteiger partial charge in [-0.05, 0) is 42.5 Å². The molecule has 3 aromatic rings. The Kier molecular flexibility index (Phi) is 6.55. The van der Waals surface area contributed by atoms with E-state index in [0.29, 0.717) is 36.8 Å². The Labute approximate surface area is 198 Å². The van der Waals surface area contributed by atoms with Gasteiger partial charge in [0.25, 0.3) is 11.6 Å². The number of anilines is 1. The largest absolute Gasteiger partial charge is 0.488 e. The maximum atomic E-state index is 13.0. The molecule has 3 aromatic carbocycles. The molecule has 0 spiro atoms. The number of carbonyl (C=O) groups is 1. The van der Waals surface area contributed by atoms with Gasteiger partial charge in [0.05, 0.1) is 21.1 Å². The third-order valence-electron chi connectivity index (χ3n) is 4.64. The van der Waals surface area contributed by atoms with Gasteiger partial charge in [-0.2, -0.15) is 0 Å². The van der Waals surface area contributed by atoms with Gasteiger partial charge in [-0.15, -0.1) is 0 Å². The fraction of sp³-hybridized carbons (Fsp3) is 0.0435. The van der Waals surface area contributed by atoms with Crippen LogP contribution in [0.25, 0.3) is 6.08 Å². The number of hydrogen-bond acceptors (Lipinski definition) is 6. The molecule has 1 aliphatic heterocycles. The number of amides is 1. The highest BCUT2D eigenvalue weighted by molar-refractivity contribution is 8.27. The highest BCUT2D eigenvalue weighted by atomic mass is 35.5. The molecule has 0 radical (unpaired) electrons. The second-order valence-corrected chi connectivity index (χ2v) is 8.82. The summed E-state index contributed by atoms with van der Waals surface area (Å²) in [7, 11) is 0. The van der Waals surface area contributed by atoms with Crippen LogP contribution in [0.1, 0.15) is 11.1 Å². The van der Waals surface area contributed by atoms with Crippen LogP contribution in [0.5, 0.6) is 5.75 Å². The summed E-state index contributed by atoms with van der Waals surface area (Å²) in [5.74, 6) is 0.202. The van der Waals surface area contributed by atoms with E-state index in [4.69, 9.17) is 28.6 Å². The van der Waals surface area contributed by atoms with Crippen molar-refractivity contribution in [1.82, 2.24) is 0 Å². The van der Waals surface area contributed by atoms with Gasteiger partial charge in [-0.1, -0.05) is 65.9 Å². The molecule has 0 atom stereocenters. The van der Waals surface area contributed by atoms with E-state index in [-0.39, 0.29) is 18.2 Å². The molecule has 1 aliphatic rings. The third-order valence-corrected chi connectivity index (χ3v) is 6.18. The Morgan fingerprint density at radius 1 is 1.09 bits per heavy atom. The molecule has 0 aliphatic carbocycles. The molecule has 4 rings (SSSR count). The summed E-state index contributed by atoms with van der Waals surface area (Å²) in [6.45, 7) is -0.00932. The van der Waals surface area contributed by atoms with Gasteiger partial charge >= 0.3 is 0 Å². The molecule has 32 heavy (non-hydrogen) atoms. The number of nitro groups is 1. The van der Waals surface area contributed by atoms with Crippen LogP contribution >= 0.6 is 35.6 Å². The number of carbonyl (C=O) groups excluding carboxylic acids is 1. The van der Waals surface area contributed by atoms with E-state index in [1.807, 2.05) is 30.3 Å². The first-order valence-electron chi connectivity index (χ1n) is 9.41. The fourth-order valence-electron chi connectivity index (χ4n) is 3.14. The molecule has 0 unspecified atom stereocenters. The number of thioether (sulfide) groups is 1. The first-order valence-corrected chi connectivity index (χ1v) is 11.0. The number of nitro benzene ring substituents is 1. The molecule has 9 heteroatoms. The van der Waals surface area contributed by atoms with Gasteiger partial charge in [0.15, 0.2) is 4.32 Å². The monoisotopic (exact) mass is 482 g/mol. The van der Waals surface area contributed by atoms with Crippen LogP contribution in [-0.4, -0.2) is 15.2 Å². The predicted octanol–water partition coefficient (Wildman–Crippen LogP) is 6.23. The summed E-state index contributed by atoms with van der Waals surface area (Å²) in [6.07, 6.45) is 1.67. The molecule has 0 bridgehead atoms. The number of ether oxygens (including phenoxy) is 1. The summed E-state index contributed by atoms with van der Waals surface area (Å²) in [5.41, 5.74) is 1.68. The zero-order chi connectivity index (χ0) is 22.7. The van der Waals surface area contributed by atoms with E-state index in [1.54, 1.807) is 42.5 Å². The lowest BCUT2D eigenvalue weighted by molar-refractivity contribution is -0.385. The minimum atomic E-state index is -0.448. The molecular weight excluding hydrogens is 468 g/mol. The lowest BCUT2D eigenvalue weighted by Crippen LogP contribution is -2.27. The Balaban J connectivity index is 1.62. The molecule has 160 valence electrons. The van der Waals surface area contributed by atoms with Crippen LogP contribution in [0, 0.1) is 10.1 Å². The molecule has 1 fully saturated rings. The van der Waals surface area contributed by atoms with Crippen molar-refractivity contribution in [2.45, 2.75) is 6.61 Å². The van der Waals surface area contributed by atoms with Crippen molar-refractivity contribution < 1.29 is 14.5 Å². The number of rotatable bonds is 6. The van der Waals surface area contributed by atoms with Crippen LogP contribution in [0.15, 0.2) is 77.7 Å². The second-order valence-electron chi connectivity index (χ2n) is 6.71. The van der Waals surface area contributed by atoms with E-state index < -0.39 is 4.92 Å². The summed E-state index contributed by atoms with van der Waals surface area (Å²) >= 11 is 12.8. The van der Waals surface area contributed by atoms with Crippen LogP contribution in [0.4, 0.5) is 11.4 Å². The Hall–Kier alpha value is -3.20. The van der Waals surface area contributed by atoms with Crippen LogP contribution in [-0.2, 0) is 11.4 Å². The maximum Gasteiger partial charge on any atom is 0.276 e. The van der Waals surface area contributed by atoms with Gasteiger partial charge in [-0.25, -0.2) is 0 Å². The topological polar surface area (TPSA) is 72.7 Å². The summed E-state index contributed by atoms with van der Waals surface area (Å²) in [5, 5.41) is 11.7. The molecule has 1 saturated heterocycles. The smallest absolute Gasteiger partial charge is 0.276 e. The van der Waals surface area contributed by atoms with Crippen LogP contribution in [0.2, 0.25) is 5.02 Å². The molecule has 0 saturated carbocycles. The predicted molar refractivity (Wildman–Crippen MR) is 131 cm³/mol. The number of hydrogen-bond donors (Lipinski definition) is 0. The average Bonchev–Trinajstić information content (AvgIpc) is 3.06. The number of thiocarbonyl (C=S) groups is 1. The summed E-state index contributed by atoms with van der Waals surface area (Å²) in [6, 6.07) is 20.5. The number of benzene rings is 3. The number of para-hydroxylation sites is 2. The van der Waals surface area contributed by atoms with Crippen molar-refractivity contribution in [1.29, 1.82) is 0 Å². The quantitative estimate of drug-likeness (QED) is 0.179. The van der Waals surface area contributed by atoms with Crippen molar-refractivity contribution in [3.8, 4) is 5.75 Å². The van der Waals surface area contributed by atoms with E-state index in [2.05, 4.69) is 0 Å². The molecule has 0 N–H and O–H groups in total. The average molecular weight is 483 g/mol. The van der Waals surface area contributed by atoms with Crippen molar-refractivity contribution >= 4 is 63.3 Å². The normalized spacial score (nSPS) is 14.8. The van der Waals surface area contributed by atoms with E-state index in [1.165, 1.54) is 22.7 Å². The second kappa shape index (κ2) is 9.52. The molecule has 6 nitrogen and oxygen atoms in total. The van der Waals surface area contributed by atoms with Crippen molar-refractivity contribution in [2.75, 3.05) is 4.90 Å². The number of nitrogens with zero attached hydrogens (tertiary/aromatic N) is 2. The SMILES string of the molecule is O=C1C(=Cc2cc(Cl)ccc2OCc2ccccc2[N+](=O)[O-])SC(=S)N1c1ccccc1. The first-order chi connectivity index (χ1) is 15.4. The molecular formula is C23H15ClN2O4S2. The summed E-state index contributed by atoms with van der Waals surface area (Å²) < 4.78 is 6.31. The molecule has 1 heterocycles. The van der Waals surface area contributed by atoms with Gasteiger partial charge in [-0.3, -0.25) is 19.8 Å². The Bertz CT molecular complexity index is 1250. The minimum absolute atomic E-state index is 0.00932. The van der Waals surface area contributed by atoms with Gasteiger partial charge in [0.2, 0.25) is 0 Å². The van der Waals surface area contributed by atoms with Crippen molar-refractivity contribution in [3.05, 3.63) is 104 Å². The first kappa shape index (κ1) is 22.0. The highest BCUT2D eigenvalue weighted by Crippen LogP contribution is 2.37. The van der Waals surface area contributed by atoms with E-state index in [0.717, 1.165) is 0 Å². The number of halogens is 1. The van der Waals surface area contributed by atoms with Gasteiger partial charge in [0.1, 0.15) is 12.4 Å². The lowest BCUT2D eigenvalue weighted by atomic mass is 10.1. The van der Waals surface area contributed by atoms with Crippen molar-refractivity contribution in [3.63, 3.8) is 0 Å². The van der Waals surface area contributed by atoms with Gasteiger partial charge < -0.3 is 4.74 Å². The van der Waals surface area contributed by atoms with E-state index in [9.17, 15) is 14.9 Å². The van der Waals surface area contributed by atoms with Crippen LogP contribution < -0.4 is 9.64 Å². The molecule has 1 amide bonds. The summed E-state index contributed by atoms with van der Waals surface area (Å²) in [4.78, 5) is 25.7. The zero-order valence-electron chi connectivity index (χ0n) is 16.4. The van der Waals surface area contributed by atoms with Gasteiger partial charge in [0, 0.05) is 16.7 Å². The standard InChI is InChI=1S/C23H15ClN2O4S2/c24-17-10-11-20(30-14-15-6-4-5-9-19(15)26(28)29)16(12-17)13-21-22(27)25(23(31)32-21)18-7-2-1-3-8-18/h1-13H,14H2. The Morgan fingerprint density at radius 3 is 2.56 bits per heavy atom. The minimum Gasteiger partial charge on any atom is -0.488 e. The fourth-order valence-corrected chi connectivity index (χ4v) is 4.61. The van der Waals surface area contributed by atoms with E-state index >= 15 is 0 Å². The third kappa shape index (κ3) is 4.67. The highest BCUT2D eigenvalue weighted by Gasteiger charge is 2.33. The molecule has 0 aromatic heterocycles. The van der Waals surface area contributed by atoms with Crippen LogP contribution in [0.3, 0.4) is 0 Å². The maximum absolute atomic E-state index is 13.0.